The Bertz CT molecular complexity index is 630. The first-order valence-corrected chi connectivity index (χ1v) is 9.59. The van der Waals surface area contributed by atoms with E-state index >= 15 is 0 Å². The van der Waals surface area contributed by atoms with E-state index in [1.165, 1.54) is 4.31 Å². The van der Waals surface area contributed by atoms with Crippen LogP contribution in [0.5, 0.6) is 0 Å². The summed E-state index contributed by atoms with van der Waals surface area (Å²) in [5, 5.41) is 0. The zero-order valence-corrected chi connectivity index (χ0v) is 15.0. The number of carbonyl (C=O) groups is 1. The molecule has 0 bridgehead atoms. The number of nitrogens with zero attached hydrogens (tertiary/aromatic N) is 2. The third-order valence-electron chi connectivity index (χ3n) is 4.19. The van der Waals surface area contributed by atoms with Crippen LogP contribution in [-0.4, -0.2) is 49.7 Å². The fraction of sp³-hybridized carbons (Fsp3) is 0.588. The number of amides is 1. The predicted octanol–water partition coefficient (Wildman–Crippen LogP) is 2.26. The maximum atomic E-state index is 12.6. The van der Waals surface area contributed by atoms with Gasteiger partial charge in [0.15, 0.2) is 0 Å². The molecule has 1 fully saturated rings. The van der Waals surface area contributed by atoms with Crippen molar-refractivity contribution in [2.75, 3.05) is 26.2 Å². The summed E-state index contributed by atoms with van der Waals surface area (Å²) in [6.45, 7) is 7.80. The van der Waals surface area contributed by atoms with E-state index in [-0.39, 0.29) is 5.91 Å². The molecule has 23 heavy (non-hydrogen) atoms. The van der Waals surface area contributed by atoms with Gasteiger partial charge in [0.25, 0.3) is 0 Å². The summed E-state index contributed by atoms with van der Waals surface area (Å²) in [6.07, 6.45) is 1.42. The average Bonchev–Trinajstić information content (AvgIpc) is 2.53. The predicted molar refractivity (Wildman–Crippen MR) is 90.6 cm³/mol. The van der Waals surface area contributed by atoms with Gasteiger partial charge in [-0.2, -0.15) is 4.31 Å². The van der Waals surface area contributed by atoms with Gasteiger partial charge in [-0.3, -0.25) is 4.79 Å². The van der Waals surface area contributed by atoms with E-state index in [0.717, 1.165) is 12.0 Å². The Balaban J connectivity index is 1.95. The van der Waals surface area contributed by atoms with Crippen LogP contribution in [-0.2, 0) is 14.8 Å². The smallest absolute Gasteiger partial charge is 0.243 e. The van der Waals surface area contributed by atoms with Crippen molar-refractivity contribution in [3.8, 4) is 0 Å². The van der Waals surface area contributed by atoms with Gasteiger partial charge in [-0.25, -0.2) is 8.42 Å². The van der Waals surface area contributed by atoms with Crippen molar-refractivity contribution in [1.29, 1.82) is 0 Å². The number of hydrogen-bond donors (Lipinski definition) is 0. The zero-order chi connectivity index (χ0) is 17.0. The van der Waals surface area contributed by atoms with Crippen molar-refractivity contribution < 1.29 is 13.2 Å². The van der Waals surface area contributed by atoms with Crippen LogP contribution >= 0.6 is 0 Å². The summed E-state index contributed by atoms with van der Waals surface area (Å²) in [6, 6.07) is 6.90. The molecular formula is C17H26N2O3S. The number of hydrogen-bond acceptors (Lipinski definition) is 3. The minimum Gasteiger partial charge on any atom is -0.340 e. The quantitative estimate of drug-likeness (QED) is 0.827. The molecule has 128 valence electrons. The van der Waals surface area contributed by atoms with Crippen LogP contribution in [0.15, 0.2) is 29.2 Å². The second kappa shape index (κ2) is 7.45. The topological polar surface area (TPSA) is 57.7 Å². The molecule has 1 saturated heterocycles. The molecule has 5 nitrogen and oxygen atoms in total. The van der Waals surface area contributed by atoms with Crippen LogP contribution in [0.1, 0.15) is 32.3 Å². The fourth-order valence-corrected chi connectivity index (χ4v) is 4.03. The van der Waals surface area contributed by atoms with Crippen molar-refractivity contribution in [3.05, 3.63) is 29.8 Å². The Hall–Kier alpha value is -1.40. The van der Waals surface area contributed by atoms with Gasteiger partial charge in [0.2, 0.25) is 15.9 Å². The highest BCUT2D eigenvalue weighted by atomic mass is 32.2. The average molecular weight is 338 g/mol. The third-order valence-corrected chi connectivity index (χ3v) is 6.10. The highest BCUT2D eigenvalue weighted by Gasteiger charge is 2.29. The molecular weight excluding hydrogens is 312 g/mol. The highest BCUT2D eigenvalue weighted by Crippen LogP contribution is 2.18. The number of rotatable bonds is 5. The van der Waals surface area contributed by atoms with E-state index in [1.807, 2.05) is 6.92 Å². The largest absolute Gasteiger partial charge is 0.340 e. The standard InChI is InChI=1S/C17H26N2O3S/c1-14(2)4-9-17(20)18-10-12-19(13-11-18)23(21,22)16-7-5-15(3)6-8-16/h5-8,14H,4,9-13H2,1-3H3. The van der Waals surface area contributed by atoms with E-state index in [2.05, 4.69) is 13.8 Å². The van der Waals surface area contributed by atoms with Gasteiger partial charge in [0.05, 0.1) is 4.90 Å². The molecule has 0 N–H and O–H groups in total. The Morgan fingerprint density at radius 1 is 1.09 bits per heavy atom. The van der Waals surface area contributed by atoms with Crippen LogP contribution in [0.25, 0.3) is 0 Å². The molecule has 1 aliphatic heterocycles. The Morgan fingerprint density at radius 2 is 1.65 bits per heavy atom. The van der Waals surface area contributed by atoms with Gasteiger partial charge < -0.3 is 4.90 Å². The number of carbonyl (C=O) groups excluding carboxylic acids is 1. The SMILES string of the molecule is Cc1ccc(S(=O)(=O)N2CCN(C(=O)CCC(C)C)CC2)cc1. The zero-order valence-electron chi connectivity index (χ0n) is 14.2. The van der Waals surface area contributed by atoms with E-state index in [4.69, 9.17) is 0 Å². The molecule has 1 heterocycles. The fourth-order valence-electron chi connectivity index (χ4n) is 2.61. The summed E-state index contributed by atoms with van der Waals surface area (Å²) in [5.41, 5.74) is 1.03. The molecule has 1 aliphatic rings. The molecule has 1 amide bonds. The minimum absolute atomic E-state index is 0.131. The minimum atomic E-state index is -3.46. The molecule has 0 atom stereocenters. The Labute approximate surface area is 139 Å². The summed E-state index contributed by atoms with van der Waals surface area (Å²) >= 11 is 0. The summed E-state index contributed by atoms with van der Waals surface area (Å²) in [5.74, 6) is 0.633. The second-order valence-electron chi connectivity index (χ2n) is 6.53. The van der Waals surface area contributed by atoms with Crippen molar-refractivity contribution in [1.82, 2.24) is 9.21 Å². The lowest BCUT2D eigenvalue weighted by atomic mass is 10.1. The van der Waals surface area contributed by atoms with Gasteiger partial charge in [-0.05, 0) is 31.4 Å². The number of sulfonamides is 1. The van der Waals surface area contributed by atoms with Gasteiger partial charge in [-0.15, -0.1) is 0 Å². The molecule has 2 rings (SSSR count). The van der Waals surface area contributed by atoms with E-state index < -0.39 is 10.0 Å². The van der Waals surface area contributed by atoms with Crippen molar-refractivity contribution in [2.45, 2.75) is 38.5 Å². The molecule has 0 aliphatic carbocycles. The molecule has 0 spiro atoms. The van der Waals surface area contributed by atoms with E-state index in [9.17, 15) is 13.2 Å². The maximum absolute atomic E-state index is 12.6. The van der Waals surface area contributed by atoms with E-state index in [0.29, 0.717) is 43.4 Å². The first-order chi connectivity index (χ1) is 10.8. The van der Waals surface area contributed by atoms with Gasteiger partial charge in [-0.1, -0.05) is 31.5 Å². The van der Waals surface area contributed by atoms with Gasteiger partial charge >= 0.3 is 0 Å². The third kappa shape index (κ3) is 4.54. The van der Waals surface area contributed by atoms with E-state index in [1.54, 1.807) is 29.2 Å². The van der Waals surface area contributed by atoms with Crippen molar-refractivity contribution >= 4 is 15.9 Å². The van der Waals surface area contributed by atoms with Crippen LogP contribution in [0.2, 0.25) is 0 Å². The lowest BCUT2D eigenvalue weighted by molar-refractivity contribution is -0.132. The van der Waals surface area contributed by atoms with Crippen LogP contribution in [0.4, 0.5) is 0 Å². The number of benzene rings is 1. The molecule has 0 saturated carbocycles. The first kappa shape index (κ1) is 17.9. The Morgan fingerprint density at radius 3 is 2.17 bits per heavy atom. The number of aryl methyl sites for hydroxylation is 1. The lowest BCUT2D eigenvalue weighted by Gasteiger charge is -2.34. The summed E-state index contributed by atoms with van der Waals surface area (Å²) in [7, 11) is -3.46. The molecule has 6 heteroatoms. The van der Waals surface area contributed by atoms with Crippen molar-refractivity contribution in [2.24, 2.45) is 5.92 Å². The monoisotopic (exact) mass is 338 g/mol. The molecule has 0 radical (unpaired) electrons. The van der Waals surface area contributed by atoms with Crippen LogP contribution in [0.3, 0.4) is 0 Å². The highest BCUT2D eigenvalue weighted by molar-refractivity contribution is 7.89. The summed E-state index contributed by atoms with van der Waals surface area (Å²) < 4.78 is 26.7. The Kier molecular flexibility index (Phi) is 5.81. The molecule has 1 aromatic rings. The van der Waals surface area contributed by atoms with Crippen molar-refractivity contribution in [3.63, 3.8) is 0 Å². The second-order valence-corrected chi connectivity index (χ2v) is 8.47. The van der Waals surface area contributed by atoms with Gasteiger partial charge in [0.1, 0.15) is 0 Å². The molecule has 1 aromatic carbocycles. The normalized spacial score (nSPS) is 16.8. The molecule has 0 aromatic heterocycles. The summed E-state index contributed by atoms with van der Waals surface area (Å²) in [4.78, 5) is 14.2. The maximum Gasteiger partial charge on any atom is 0.243 e. The van der Waals surface area contributed by atoms with Crippen LogP contribution in [0, 0.1) is 12.8 Å². The van der Waals surface area contributed by atoms with Crippen LogP contribution < -0.4 is 0 Å². The number of piperazine rings is 1. The first-order valence-electron chi connectivity index (χ1n) is 8.15. The lowest BCUT2D eigenvalue weighted by Crippen LogP contribution is -2.50. The molecule has 0 unspecified atom stereocenters. The van der Waals surface area contributed by atoms with Gasteiger partial charge in [0, 0.05) is 32.6 Å².